The van der Waals surface area contributed by atoms with Crippen LogP contribution in [0.2, 0.25) is 10.0 Å². The van der Waals surface area contributed by atoms with Gasteiger partial charge in [-0.15, -0.1) is 0 Å². The van der Waals surface area contributed by atoms with Crippen LogP contribution in [0, 0.1) is 11.8 Å². The van der Waals surface area contributed by atoms with Gasteiger partial charge >= 0.3 is 17.9 Å². The third-order valence-electron chi connectivity index (χ3n) is 13.0. The number of carbonyl (C=O) groups is 3. The van der Waals surface area contributed by atoms with E-state index in [4.69, 9.17) is 61.1 Å². The minimum atomic E-state index is -1.70. The van der Waals surface area contributed by atoms with Crippen LogP contribution >= 0.6 is 23.2 Å². The van der Waals surface area contributed by atoms with Gasteiger partial charge in [0.1, 0.15) is 46.7 Å². The lowest BCUT2D eigenvalue weighted by Gasteiger charge is -2.48. The number of aliphatic hydroxyl groups excluding tert-OH is 6. The van der Waals surface area contributed by atoms with Crippen molar-refractivity contribution in [3.8, 4) is 11.5 Å². The third kappa shape index (κ3) is 15.1. The first-order valence-corrected chi connectivity index (χ1v) is 25.0. The van der Waals surface area contributed by atoms with Gasteiger partial charge in [0, 0.05) is 19.4 Å². The summed E-state index contributed by atoms with van der Waals surface area (Å²) in [5.74, 6) is -5.38. The Morgan fingerprint density at radius 2 is 1.53 bits per heavy atom. The Hall–Kier alpha value is -3.93. The summed E-state index contributed by atoms with van der Waals surface area (Å²) in [6.07, 6.45) is -8.66. The number of methoxy groups -OCH3 is 1. The van der Waals surface area contributed by atoms with Crippen LogP contribution in [0.1, 0.15) is 105 Å². The highest BCUT2D eigenvalue weighted by Gasteiger charge is 2.53. The van der Waals surface area contributed by atoms with Crippen LogP contribution in [0.15, 0.2) is 58.7 Å². The predicted octanol–water partition coefficient (Wildman–Crippen LogP) is 5.21. The molecule has 2 fully saturated rings. The maximum absolute atomic E-state index is 14.0. The number of cyclic esters (lactones) is 1. The summed E-state index contributed by atoms with van der Waals surface area (Å²) in [6.45, 7) is 17.2. The first-order valence-electron chi connectivity index (χ1n) is 24.2. The molecule has 0 amide bonds. The van der Waals surface area contributed by atoms with Crippen LogP contribution in [0.3, 0.4) is 0 Å². The van der Waals surface area contributed by atoms with E-state index in [0.717, 1.165) is 0 Å². The topological polar surface area (TPSA) is 287 Å². The summed E-state index contributed by atoms with van der Waals surface area (Å²) in [7, 11) is 1.25. The van der Waals surface area contributed by atoms with E-state index >= 15 is 0 Å². The number of hydrogen-bond acceptors (Lipinski definition) is 19. The molecule has 0 aromatic heterocycles. The largest absolute Gasteiger partial charge is 0.505 e. The number of aliphatic hydroxyl groups is 6. The zero-order chi connectivity index (χ0) is 55.0. The van der Waals surface area contributed by atoms with E-state index in [9.17, 15) is 55.2 Å². The number of halogens is 2. The summed E-state index contributed by atoms with van der Waals surface area (Å²) in [5.41, 5.74) is -0.216. The number of benzene rings is 1. The first kappa shape index (κ1) is 61.6. The van der Waals surface area contributed by atoms with Crippen molar-refractivity contribution in [2.75, 3.05) is 13.7 Å². The molecule has 1 aromatic rings. The van der Waals surface area contributed by atoms with Gasteiger partial charge in [-0.1, -0.05) is 79.9 Å². The van der Waals surface area contributed by atoms with Gasteiger partial charge in [-0.05, 0) is 91.0 Å². The average Bonchev–Trinajstić information content (AvgIpc) is 3.31. The Kier molecular flexibility index (Phi) is 22.5. The van der Waals surface area contributed by atoms with Crippen LogP contribution in [0.4, 0.5) is 0 Å². The van der Waals surface area contributed by atoms with Crippen molar-refractivity contribution in [1.29, 1.82) is 0 Å². The van der Waals surface area contributed by atoms with Gasteiger partial charge in [0.15, 0.2) is 36.3 Å². The lowest BCUT2D eigenvalue weighted by atomic mass is 9.87. The van der Waals surface area contributed by atoms with Gasteiger partial charge in [0.2, 0.25) is 0 Å². The first-order chi connectivity index (χ1) is 34.1. The highest BCUT2D eigenvalue weighted by molar-refractivity contribution is 6.39. The zero-order valence-corrected chi connectivity index (χ0v) is 44.9. The Morgan fingerprint density at radius 3 is 2.12 bits per heavy atom. The van der Waals surface area contributed by atoms with Crippen LogP contribution in [0.25, 0.3) is 0 Å². The molecule has 3 aliphatic rings. The van der Waals surface area contributed by atoms with Crippen LogP contribution in [-0.2, 0) is 53.9 Å². The summed E-state index contributed by atoms with van der Waals surface area (Å²) in [6, 6.07) is 0. The molecule has 4 rings (SSSR count). The van der Waals surface area contributed by atoms with Gasteiger partial charge in [-0.25, -0.2) is 9.59 Å². The third-order valence-corrected chi connectivity index (χ3v) is 13.8. The van der Waals surface area contributed by atoms with Crippen molar-refractivity contribution in [2.45, 2.75) is 187 Å². The lowest BCUT2D eigenvalue weighted by Crippen LogP contribution is -2.64. The number of aromatic hydroxyl groups is 2. The van der Waals surface area contributed by atoms with Gasteiger partial charge in [-0.2, -0.15) is 0 Å². The van der Waals surface area contributed by atoms with Crippen LogP contribution < -0.4 is 0 Å². The molecule has 1 unspecified atom stereocenters. The van der Waals surface area contributed by atoms with Crippen molar-refractivity contribution in [1.82, 2.24) is 0 Å². The van der Waals surface area contributed by atoms with Crippen LogP contribution in [0.5, 0.6) is 11.5 Å². The molecule has 19 nitrogen and oxygen atoms in total. The molecule has 0 radical (unpaired) electrons. The minimum absolute atomic E-state index is 0.00966. The normalized spacial score (nSPS) is 35.0. The fourth-order valence-corrected chi connectivity index (χ4v) is 9.14. The molecular weight excluding hydrogens is 999 g/mol. The summed E-state index contributed by atoms with van der Waals surface area (Å²) in [4.78, 5) is 40.0. The van der Waals surface area contributed by atoms with Gasteiger partial charge in [0.25, 0.3) is 0 Å². The Morgan fingerprint density at radius 1 is 0.877 bits per heavy atom. The fourth-order valence-electron chi connectivity index (χ4n) is 8.58. The van der Waals surface area contributed by atoms with Gasteiger partial charge < -0.3 is 78.7 Å². The highest BCUT2D eigenvalue weighted by Crippen LogP contribution is 2.45. The molecular formula is C52H74Cl2O19. The van der Waals surface area contributed by atoms with E-state index in [1.807, 2.05) is 0 Å². The Balaban J connectivity index is 1.63. The van der Waals surface area contributed by atoms with E-state index in [0.29, 0.717) is 16.7 Å². The lowest BCUT2D eigenvalue weighted by molar-refractivity contribution is -0.334. The standard InChI is InChI=1S/C52H74Cl2O19/c1-13-31-35(38(58)37(54)39(59)36(31)53)49(65)70-44-29(9)68-51(45(66-12)42(44)62)67-22-30-16-14-15-17-33(57)25(5)21-32(27(7)55)43(26(6)20-24(4)18-19-34(28(8)56)69-48(30)64)71-50-41(61)40(60)46(52(10,11)73-50)72-47(63)23(2)3/h14-16,18,20-21,23,27-29,32-34,40-46,50-51,55-62H,13,17,19,22H2,1-12H3/b15-14+,24-18+,25-21+,26-20+,30-16+/t27?,28-,29-,32-,33+,34+,40-,41+,42+,43+,44-,45+,46+,50-,51-/m1/s1. The zero-order valence-electron chi connectivity index (χ0n) is 43.4. The SMILES string of the molecule is CCc1c(Cl)c(O)c(Cl)c(O)c1C(=O)O[C@H]1[C@H](O)[C@H](OC)[C@H](OC/C2=C\C=C\C[C@H](O)/C(C)=C/[C@H](C(C)O)[C@@H](O[C@@H]3OC(C)(C)[C@@H](OC(=O)C(C)C)[C@H](O)[C@@H]3O)/C(C)=C/C(C)=C/C[C@@H]([C@@H](C)O)OC2=O)O[C@@H]1C. The van der Waals surface area contributed by atoms with Crippen molar-refractivity contribution in [3.63, 3.8) is 0 Å². The second-order valence-corrected chi connectivity index (χ2v) is 20.4. The number of ether oxygens (including phenoxy) is 8. The molecule has 0 bridgehead atoms. The number of hydrogen-bond donors (Lipinski definition) is 8. The number of esters is 3. The van der Waals surface area contributed by atoms with E-state index < -0.39 is 150 Å². The second kappa shape index (κ2) is 26.7. The average molecular weight is 1070 g/mol. The molecule has 21 heteroatoms. The number of phenols is 2. The van der Waals surface area contributed by atoms with Crippen LogP contribution in [-0.4, -0.2) is 164 Å². The Bertz CT molecular complexity index is 2250. The minimum Gasteiger partial charge on any atom is -0.505 e. The van der Waals surface area contributed by atoms with E-state index in [-0.39, 0.29) is 35.4 Å². The molecule has 0 aliphatic carbocycles. The van der Waals surface area contributed by atoms with E-state index in [2.05, 4.69) is 0 Å². The molecule has 2 saturated heterocycles. The van der Waals surface area contributed by atoms with Gasteiger partial charge in [0.05, 0.1) is 53.6 Å². The van der Waals surface area contributed by atoms with Crippen molar-refractivity contribution in [2.24, 2.45) is 11.8 Å². The molecule has 8 N–H and O–H groups in total. The van der Waals surface area contributed by atoms with Crippen molar-refractivity contribution in [3.05, 3.63) is 79.9 Å². The summed E-state index contributed by atoms with van der Waals surface area (Å²) >= 11 is 12.3. The van der Waals surface area contributed by atoms with Crippen molar-refractivity contribution >= 4 is 41.1 Å². The summed E-state index contributed by atoms with van der Waals surface area (Å²) < 4.78 is 47.3. The van der Waals surface area contributed by atoms with Gasteiger partial charge in [-0.3, -0.25) is 4.79 Å². The van der Waals surface area contributed by atoms with E-state index in [1.165, 1.54) is 40.0 Å². The van der Waals surface area contributed by atoms with E-state index in [1.54, 1.807) is 79.7 Å². The molecule has 410 valence electrons. The van der Waals surface area contributed by atoms with Crippen molar-refractivity contribution < 1.29 is 93.1 Å². The maximum Gasteiger partial charge on any atom is 0.342 e. The highest BCUT2D eigenvalue weighted by atomic mass is 35.5. The molecule has 1 aromatic carbocycles. The molecule has 3 aliphatic heterocycles. The Labute approximate surface area is 436 Å². The molecule has 0 spiro atoms. The molecule has 73 heavy (non-hydrogen) atoms. The monoisotopic (exact) mass is 1070 g/mol. The molecule has 0 saturated carbocycles. The smallest absolute Gasteiger partial charge is 0.342 e. The number of allylic oxidation sites excluding steroid dienone is 4. The molecule has 3 heterocycles. The predicted molar refractivity (Wildman–Crippen MR) is 266 cm³/mol. The number of carbonyl (C=O) groups excluding carboxylic acids is 3. The molecule has 15 atom stereocenters. The maximum atomic E-state index is 14.0. The second-order valence-electron chi connectivity index (χ2n) is 19.6. The summed E-state index contributed by atoms with van der Waals surface area (Å²) in [5, 5.41) is 87.7. The number of rotatable bonds is 13. The number of phenolic OH excluding ortho intramolecular Hbond substituents is 2. The quantitative estimate of drug-likeness (QED) is 0.0715. The fraction of sp³-hybridized carbons (Fsp3) is 0.635.